The Morgan fingerprint density at radius 2 is 1.76 bits per heavy atom. The Morgan fingerprint density at radius 3 is 2.48 bits per heavy atom. The molecule has 2 rings (SSSR count). The number of nitrogens with one attached hydrogen (secondary N) is 1. The lowest BCUT2D eigenvalue weighted by Gasteiger charge is -2.13. The molecule has 0 fully saturated rings. The van der Waals surface area contributed by atoms with Gasteiger partial charge in [-0.15, -0.1) is 11.8 Å². The fourth-order valence-corrected chi connectivity index (χ4v) is 3.04. The molecule has 1 N–H and O–H groups in total. The van der Waals surface area contributed by atoms with Gasteiger partial charge in [0.15, 0.2) is 0 Å². The second kappa shape index (κ2) is 6.81. The number of amides is 1. The van der Waals surface area contributed by atoms with Crippen LogP contribution in [0.3, 0.4) is 0 Å². The normalized spacial score (nSPS) is 10.7. The van der Waals surface area contributed by atoms with Crippen LogP contribution in [0, 0.1) is 13.8 Å². The molecule has 0 aliphatic rings. The molecule has 110 valence electrons. The van der Waals surface area contributed by atoms with Crippen molar-refractivity contribution in [1.29, 1.82) is 0 Å². The van der Waals surface area contributed by atoms with Crippen molar-refractivity contribution in [2.45, 2.75) is 37.8 Å². The number of aryl methyl sites for hydroxylation is 1. The Morgan fingerprint density at radius 1 is 1.05 bits per heavy atom. The first-order valence-electron chi connectivity index (χ1n) is 7.12. The SMILES string of the molecule is Cc1cccc(NC(=O)c2ccccc2SC(C)C)c1C. The van der Waals surface area contributed by atoms with E-state index in [-0.39, 0.29) is 5.91 Å². The van der Waals surface area contributed by atoms with E-state index in [4.69, 9.17) is 0 Å². The van der Waals surface area contributed by atoms with Gasteiger partial charge in [0, 0.05) is 15.8 Å². The summed E-state index contributed by atoms with van der Waals surface area (Å²) in [6, 6.07) is 13.7. The molecule has 0 atom stereocenters. The quantitative estimate of drug-likeness (QED) is 0.800. The molecule has 2 nitrogen and oxygen atoms in total. The Hall–Kier alpha value is -1.74. The highest BCUT2D eigenvalue weighted by atomic mass is 32.2. The monoisotopic (exact) mass is 299 g/mol. The van der Waals surface area contributed by atoms with Crippen molar-refractivity contribution in [3.63, 3.8) is 0 Å². The second-order valence-corrected chi connectivity index (χ2v) is 6.98. The molecule has 0 aromatic heterocycles. The first kappa shape index (κ1) is 15.6. The maximum atomic E-state index is 12.6. The van der Waals surface area contributed by atoms with Crippen LogP contribution >= 0.6 is 11.8 Å². The Kier molecular flexibility index (Phi) is 5.07. The van der Waals surface area contributed by atoms with E-state index in [1.807, 2.05) is 56.3 Å². The Bertz CT molecular complexity index is 649. The number of anilines is 1. The van der Waals surface area contributed by atoms with Crippen LogP contribution in [0.5, 0.6) is 0 Å². The number of thioether (sulfide) groups is 1. The molecular formula is C18H21NOS. The standard InChI is InChI=1S/C18H21NOS/c1-12(2)21-17-11-6-5-9-15(17)18(20)19-16-10-7-8-13(3)14(16)4/h5-12H,1-4H3,(H,19,20). The lowest BCUT2D eigenvalue weighted by Crippen LogP contribution is -2.14. The first-order valence-corrected chi connectivity index (χ1v) is 8.00. The van der Waals surface area contributed by atoms with E-state index in [1.54, 1.807) is 11.8 Å². The predicted molar refractivity (Wildman–Crippen MR) is 91.3 cm³/mol. The van der Waals surface area contributed by atoms with Crippen molar-refractivity contribution in [3.05, 3.63) is 59.2 Å². The number of benzene rings is 2. The van der Waals surface area contributed by atoms with Gasteiger partial charge in [-0.05, 0) is 43.2 Å². The summed E-state index contributed by atoms with van der Waals surface area (Å²) in [6.07, 6.45) is 0. The molecule has 2 aromatic carbocycles. The molecule has 0 spiro atoms. The topological polar surface area (TPSA) is 29.1 Å². The molecule has 3 heteroatoms. The maximum absolute atomic E-state index is 12.6. The Labute approximate surface area is 131 Å². The smallest absolute Gasteiger partial charge is 0.256 e. The third kappa shape index (κ3) is 3.88. The van der Waals surface area contributed by atoms with Gasteiger partial charge in [-0.2, -0.15) is 0 Å². The van der Waals surface area contributed by atoms with E-state index in [0.29, 0.717) is 5.25 Å². The summed E-state index contributed by atoms with van der Waals surface area (Å²) in [5.74, 6) is -0.0487. The highest BCUT2D eigenvalue weighted by Crippen LogP contribution is 2.27. The minimum atomic E-state index is -0.0487. The highest BCUT2D eigenvalue weighted by molar-refractivity contribution is 8.00. The van der Waals surface area contributed by atoms with Gasteiger partial charge in [0.2, 0.25) is 0 Å². The summed E-state index contributed by atoms with van der Waals surface area (Å²) in [4.78, 5) is 13.6. The zero-order valence-corrected chi connectivity index (χ0v) is 13.8. The number of carbonyl (C=O) groups is 1. The van der Waals surface area contributed by atoms with Gasteiger partial charge in [0.05, 0.1) is 5.56 Å². The largest absolute Gasteiger partial charge is 0.322 e. The fraction of sp³-hybridized carbons (Fsp3) is 0.278. The highest BCUT2D eigenvalue weighted by Gasteiger charge is 2.13. The van der Waals surface area contributed by atoms with Crippen LogP contribution in [0.4, 0.5) is 5.69 Å². The first-order chi connectivity index (χ1) is 9.99. The van der Waals surface area contributed by atoms with Gasteiger partial charge >= 0.3 is 0 Å². The van der Waals surface area contributed by atoms with E-state index >= 15 is 0 Å². The molecule has 2 aromatic rings. The lowest BCUT2D eigenvalue weighted by molar-refractivity contribution is 0.102. The van der Waals surface area contributed by atoms with E-state index < -0.39 is 0 Å². The third-order valence-electron chi connectivity index (χ3n) is 3.35. The van der Waals surface area contributed by atoms with Gasteiger partial charge < -0.3 is 5.32 Å². The minimum Gasteiger partial charge on any atom is -0.322 e. The van der Waals surface area contributed by atoms with Crippen LogP contribution in [-0.2, 0) is 0 Å². The summed E-state index contributed by atoms with van der Waals surface area (Å²) < 4.78 is 0. The third-order valence-corrected chi connectivity index (χ3v) is 4.43. The molecule has 1 amide bonds. The summed E-state index contributed by atoms with van der Waals surface area (Å²) in [5.41, 5.74) is 3.90. The second-order valence-electron chi connectivity index (χ2n) is 5.36. The van der Waals surface area contributed by atoms with Gasteiger partial charge in [-0.1, -0.05) is 38.1 Å². The zero-order chi connectivity index (χ0) is 15.4. The lowest BCUT2D eigenvalue weighted by atomic mass is 10.1. The average molecular weight is 299 g/mol. The number of hydrogen-bond donors (Lipinski definition) is 1. The predicted octanol–water partition coefficient (Wildman–Crippen LogP) is 5.06. The molecule has 0 heterocycles. The number of rotatable bonds is 4. The van der Waals surface area contributed by atoms with E-state index in [0.717, 1.165) is 21.7 Å². The van der Waals surface area contributed by atoms with Crippen molar-refractivity contribution >= 4 is 23.4 Å². The summed E-state index contributed by atoms with van der Waals surface area (Å²) in [5, 5.41) is 3.47. The van der Waals surface area contributed by atoms with Crippen molar-refractivity contribution in [2.24, 2.45) is 0 Å². The van der Waals surface area contributed by atoms with Crippen molar-refractivity contribution < 1.29 is 4.79 Å². The molecule has 21 heavy (non-hydrogen) atoms. The number of hydrogen-bond acceptors (Lipinski definition) is 2. The van der Waals surface area contributed by atoms with Crippen LogP contribution in [0.25, 0.3) is 0 Å². The fourth-order valence-electron chi connectivity index (χ4n) is 2.09. The van der Waals surface area contributed by atoms with Crippen LogP contribution in [-0.4, -0.2) is 11.2 Å². The minimum absolute atomic E-state index is 0.0487. The van der Waals surface area contributed by atoms with Gasteiger partial charge in [-0.3, -0.25) is 4.79 Å². The molecule has 0 saturated heterocycles. The summed E-state index contributed by atoms with van der Waals surface area (Å²) in [6.45, 7) is 8.33. The Balaban J connectivity index is 2.27. The molecule has 0 saturated carbocycles. The average Bonchev–Trinajstić information content (AvgIpc) is 2.44. The van der Waals surface area contributed by atoms with Crippen LogP contribution in [0.1, 0.15) is 35.3 Å². The molecule has 0 unspecified atom stereocenters. The maximum Gasteiger partial charge on any atom is 0.256 e. The summed E-state index contributed by atoms with van der Waals surface area (Å²) >= 11 is 1.71. The van der Waals surface area contributed by atoms with Gasteiger partial charge in [-0.25, -0.2) is 0 Å². The van der Waals surface area contributed by atoms with E-state index in [2.05, 4.69) is 19.2 Å². The zero-order valence-electron chi connectivity index (χ0n) is 12.9. The molecule has 0 radical (unpaired) electrons. The van der Waals surface area contributed by atoms with Crippen LogP contribution in [0.2, 0.25) is 0 Å². The molecule has 0 aliphatic carbocycles. The van der Waals surface area contributed by atoms with Crippen LogP contribution in [0.15, 0.2) is 47.4 Å². The molecule has 0 bridgehead atoms. The van der Waals surface area contributed by atoms with Crippen molar-refractivity contribution in [1.82, 2.24) is 0 Å². The van der Waals surface area contributed by atoms with E-state index in [1.165, 1.54) is 5.56 Å². The number of carbonyl (C=O) groups excluding carboxylic acids is 1. The van der Waals surface area contributed by atoms with Gasteiger partial charge in [0.25, 0.3) is 5.91 Å². The van der Waals surface area contributed by atoms with E-state index in [9.17, 15) is 4.79 Å². The van der Waals surface area contributed by atoms with Crippen molar-refractivity contribution in [2.75, 3.05) is 5.32 Å². The molecule has 0 aliphatic heterocycles. The van der Waals surface area contributed by atoms with Gasteiger partial charge in [0.1, 0.15) is 0 Å². The van der Waals surface area contributed by atoms with Crippen molar-refractivity contribution in [3.8, 4) is 0 Å². The summed E-state index contributed by atoms with van der Waals surface area (Å²) in [7, 11) is 0. The van der Waals surface area contributed by atoms with Crippen LogP contribution < -0.4 is 5.32 Å². The molecular weight excluding hydrogens is 278 g/mol.